The SMILES string of the molecule is CC(=O)NC(CNCCc1ncon1)C(=O)O. The average Bonchev–Trinajstić information content (AvgIpc) is 2.74. The van der Waals surface area contributed by atoms with Crippen LogP contribution in [0.15, 0.2) is 10.9 Å². The van der Waals surface area contributed by atoms with Gasteiger partial charge in [0.25, 0.3) is 0 Å². The van der Waals surface area contributed by atoms with Crippen molar-refractivity contribution in [2.24, 2.45) is 0 Å². The first kappa shape index (κ1) is 13.1. The van der Waals surface area contributed by atoms with E-state index in [1.807, 2.05) is 0 Å². The first-order valence-electron chi connectivity index (χ1n) is 5.05. The number of aromatic nitrogens is 2. The summed E-state index contributed by atoms with van der Waals surface area (Å²) >= 11 is 0. The minimum atomic E-state index is -1.08. The van der Waals surface area contributed by atoms with Crippen molar-refractivity contribution < 1.29 is 19.2 Å². The molecule has 0 saturated heterocycles. The van der Waals surface area contributed by atoms with Gasteiger partial charge in [-0.25, -0.2) is 4.79 Å². The van der Waals surface area contributed by atoms with E-state index < -0.39 is 12.0 Å². The van der Waals surface area contributed by atoms with Crippen molar-refractivity contribution in [3.05, 3.63) is 12.2 Å². The standard InChI is InChI=1S/C9H14N4O4/c1-6(14)12-7(9(15)16)4-10-3-2-8-11-5-17-13-8/h5,7,10H,2-4H2,1H3,(H,12,14)(H,15,16). The van der Waals surface area contributed by atoms with Gasteiger partial charge in [0, 0.05) is 26.4 Å². The molecule has 1 unspecified atom stereocenters. The van der Waals surface area contributed by atoms with Gasteiger partial charge < -0.3 is 20.3 Å². The van der Waals surface area contributed by atoms with Gasteiger partial charge in [-0.2, -0.15) is 4.98 Å². The Morgan fingerprint density at radius 1 is 1.59 bits per heavy atom. The fourth-order valence-electron chi connectivity index (χ4n) is 1.19. The van der Waals surface area contributed by atoms with E-state index in [4.69, 9.17) is 5.11 Å². The summed E-state index contributed by atoms with van der Waals surface area (Å²) in [5.41, 5.74) is 0. The van der Waals surface area contributed by atoms with Crippen molar-refractivity contribution in [2.45, 2.75) is 19.4 Å². The number of rotatable bonds is 7. The van der Waals surface area contributed by atoms with Crippen molar-refractivity contribution in [2.75, 3.05) is 13.1 Å². The molecule has 0 fully saturated rings. The molecule has 0 saturated carbocycles. The summed E-state index contributed by atoms with van der Waals surface area (Å²) in [4.78, 5) is 25.3. The third-order valence-corrected chi connectivity index (χ3v) is 1.96. The zero-order chi connectivity index (χ0) is 12.7. The summed E-state index contributed by atoms with van der Waals surface area (Å²) in [5, 5.41) is 17.6. The first-order valence-corrected chi connectivity index (χ1v) is 5.05. The highest BCUT2D eigenvalue weighted by molar-refractivity contribution is 5.82. The maximum absolute atomic E-state index is 10.8. The third-order valence-electron chi connectivity index (χ3n) is 1.96. The molecule has 0 radical (unpaired) electrons. The van der Waals surface area contributed by atoms with Crippen molar-refractivity contribution in [3.8, 4) is 0 Å². The van der Waals surface area contributed by atoms with Gasteiger partial charge in [0.2, 0.25) is 12.3 Å². The quantitative estimate of drug-likeness (QED) is 0.513. The van der Waals surface area contributed by atoms with E-state index in [0.717, 1.165) is 0 Å². The largest absolute Gasteiger partial charge is 0.480 e. The van der Waals surface area contributed by atoms with Crippen LogP contribution in [-0.4, -0.2) is 46.3 Å². The molecule has 0 aliphatic rings. The monoisotopic (exact) mass is 242 g/mol. The molecule has 1 aromatic rings. The van der Waals surface area contributed by atoms with E-state index in [1.54, 1.807) is 0 Å². The molecule has 1 rings (SSSR count). The Labute approximate surface area is 97.4 Å². The van der Waals surface area contributed by atoms with Crippen molar-refractivity contribution in [1.29, 1.82) is 0 Å². The Morgan fingerprint density at radius 3 is 2.88 bits per heavy atom. The second-order valence-corrected chi connectivity index (χ2v) is 3.39. The molecule has 0 spiro atoms. The molecule has 8 nitrogen and oxygen atoms in total. The molecule has 1 heterocycles. The number of carbonyl (C=O) groups is 2. The van der Waals surface area contributed by atoms with Crippen molar-refractivity contribution >= 4 is 11.9 Å². The summed E-state index contributed by atoms with van der Waals surface area (Å²) in [6.07, 6.45) is 1.76. The molecule has 1 atom stereocenters. The van der Waals surface area contributed by atoms with Gasteiger partial charge in [0.1, 0.15) is 6.04 Å². The lowest BCUT2D eigenvalue weighted by molar-refractivity contribution is -0.141. The molecule has 0 aliphatic heterocycles. The van der Waals surface area contributed by atoms with Gasteiger partial charge >= 0.3 is 5.97 Å². The number of carboxylic acid groups (broad SMARTS) is 1. The predicted molar refractivity (Wildman–Crippen MR) is 56.1 cm³/mol. The van der Waals surface area contributed by atoms with Crippen molar-refractivity contribution in [3.63, 3.8) is 0 Å². The number of carboxylic acids is 1. The zero-order valence-corrected chi connectivity index (χ0v) is 9.34. The molecule has 3 N–H and O–H groups in total. The van der Waals surface area contributed by atoms with Gasteiger partial charge in [-0.3, -0.25) is 4.79 Å². The number of hydrogen-bond acceptors (Lipinski definition) is 6. The first-order chi connectivity index (χ1) is 8.09. The van der Waals surface area contributed by atoms with Crippen LogP contribution in [0.2, 0.25) is 0 Å². The maximum atomic E-state index is 10.8. The lowest BCUT2D eigenvalue weighted by atomic mass is 10.3. The van der Waals surface area contributed by atoms with Gasteiger partial charge in [0.15, 0.2) is 5.82 Å². The second kappa shape index (κ2) is 6.59. The molecule has 1 amide bonds. The summed E-state index contributed by atoms with van der Waals surface area (Å²) in [6, 6.07) is -0.933. The molecule has 0 bridgehead atoms. The number of aliphatic carboxylic acids is 1. The third kappa shape index (κ3) is 5.07. The Bertz CT molecular complexity index is 365. The van der Waals surface area contributed by atoms with Crippen molar-refractivity contribution in [1.82, 2.24) is 20.8 Å². The molecule has 0 aliphatic carbocycles. The average molecular weight is 242 g/mol. The van der Waals surface area contributed by atoms with Crippen LogP contribution in [0.25, 0.3) is 0 Å². The Morgan fingerprint density at radius 2 is 2.35 bits per heavy atom. The summed E-state index contributed by atoms with van der Waals surface area (Å²) in [5.74, 6) is -0.909. The van der Waals surface area contributed by atoms with Gasteiger partial charge in [-0.15, -0.1) is 0 Å². The highest BCUT2D eigenvalue weighted by Gasteiger charge is 2.17. The highest BCUT2D eigenvalue weighted by Crippen LogP contribution is 1.89. The van der Waals surface area contributed by atoms with E-state index in [0.29, 0.717) is 18.8 Å². The minimum absolute atomic E-state index is 0.146. The van der Waals surface area contributed by atoms with Crippen LogP contribution < -0.4 is 10.6 Å². The fourth-order valence-corrected chi connectivity index (χ4v) is 1.19. The Kier molecular flexibility index (Phi) is 5.08. The maximum Gasteiger partial charge on any atom is 0.327 e. The molecular formula is C9H14N4O4. The van der Waals surface area contributed by atoms with Crippen LogP contribution in [0.5, 0.6) is 0 Å². The van der Waals surface area contributed by atoms with E-state index in [2.05, 4.69) is 25.3 Å². The highest BCUT2D eigenvalue weighted by atomic mass is 16.5. The topological polar surface area (TPSA) is 117 Å². The van der Waals surface area contributed by atoms with E-state index >= 15 is 0 Å². The fraction of sp³-hybridized carbons (Fsp3) is 0.556. The normalized spacial score (nSPS) is 12.1. The van der Waals surface area contributed by atoms with Crippen LogP contribution in [0.4, 0.5) is 0 Å². The molecular weight excluding hydrogens is 228 g/mol. The molecule has 17 heavy (non-hydrogen) atoms. The summed E-state index contributed by atoms with van der Waals surface area (Å²) < 4.78 is 4.54. The van der Waals surface area contributed by atoms with Gasteiger partial charge in [0.05, 0.1) is 0 Å². The number of nitrogens with one attached hydrogen (secondary N) is 2. The molecule has 0 aromatic carbocycles. The van der Waals surface area contributed by atoms with Crippen LogP contribution in [0.3, 0.4) is 0 Å². The Balaban J connectivity index is 2.23. The van der Waals surface area contributed by atoms with Crippen LogP contribution in [0, 0.1) is 0 Å². The van der Waals surface area contributed by atoms with Gasteiger partial charge in [-0.1, -0.05) is 5.16 Å². The minimum Gasteiger partial charge on any atom is -0.480 e. The summed E-state index contributed by atoms with van der Waals surface area (Å²) in [7, 11) is 0. The van der Waals surface area contributed by atoms with Crippen LogP contribution >= 0.6 is 0 Å². The smallest absolute Gasteiger partial charge is 0.327 e. The van der Waals surface area contributed by atoms with Gasteiger partial charge in [-0.05, 0) is 0 Å². The Hall–Kier alpha value is -1.96. The zero-order valence-electron chi connectivity index (χ0n) is 9.34. The number of amides is 1. The molecule has 1 aromatic heterocycles. The predicted octanol–water partition coefficient (Wildman–Crippen LogP) is -1.21. The lowest BCUT2D eigenvalue weighted by Crippen LogP contribution is -2.46. The molecule has 94 valence electrons. The lowest BCUT2D eigenvalue weighted by Gasteiger charge is -2.13. The number of hydrogen-bond donors (Lipinski definition) is 3. The van der Waals surface area contributed by atoms with Crippen LogP contribution in [0.1, 0.15) is 12.7 Å². The van der Waals surface area contributed by atoms with E-state index in [9.17, 15) is 9.59 Å². The number of carbonyl (C=O) groups excluding carboxylic acids is 1. The number of nitrogens with zero attached hydrogens (tertiary/aromatic N) is 2. The van der Waals surface area contributed by atoms with E-state index in [-0.39, 0.29) is 12.5 Å². The van der Waals surface area contributed by atoms with Crippen LogP contribution in [-0.2, 0) is 16.0 Å². The van der Waals surface area contributed by atoms with E-state index in [1.165, 1.54) is 13.3 Å². The summed E-state index contributed by atoms with van der Waals surface area (Å²) in [6.45, 7) is 1.92. The second-order valence-electron chi connectivity index (χ2n) is 3.39. The molecule has 8 heteroatoms.